The lowest BCUT2D eigenvalue weighted by Crippen LogP contribution is -2.15. The van der Waals surface area contributed by atoms with E-state index in [1.165, 1.54) is 0 Å². The number of carbonyl (C=O) groups is 1. The third-order valence-electron chi connectivity index (χ3n) is 2.71. The molecule has 0 spiro atoms. The molecule has 0 atom stereocenters. The maximum Gasteiger partial charge on any atom is 0.228 e. The SMILES string of the molecule is NC(=S)c1ccc(NC(=O)Cc2cccc(Br)c2)cc1. The van der Waals surface area contributed by atoms with Gasteiger partial charge >= 0.3 is 0 Å². The highest BCUT2D eigenvalue weighted by Gasteiger charge is 2.05. The van der Waals surface area contributed by atoms with Crippen LogP contribution in [0, 0.1) is 0 Å². The number of nitrogens with one attached hydrogen (secondary N) is 1. The lowest BCUT2D eigenvalue weighted by molar-refractivity contribution is -0.115. The minimum atomic E-state index is -0.0637. The Labute approximate surface area is 131 Å². The first-order valence-electron chi connectivity index (χ1n) is 5.99. The van der Waals surface area contributed by atoms with Crippen LogP contribution < -0.4 is 11.1 Å². The number of amides is 1. The van der Waals surface area contributed by atoms with E-state index in [1.807, 2.05) is 24.3 Å². The minimum Gasteiger partial charge on any atom is -0.389 e. The van der Waals surface area contributed by atoms with Gasteiger partial charge in [0, 0.05) is 15.7 Å². The summed E-state index contributed by atoms with van der Waals surface area (Å²) in [4.78, 5) is 12.3. The zero-order valence-electron chi connectivity index (χ0n) is 10.6. The Morgan fingerprint density at radius 2 is 1.90 bits per heavy atom. The van der Waals surface area contributed by atoms with Gasteiger partial charge in [0.1, 0.15) is 4.99 Å². The van der Waals surface area contributed by atoms with E-state index in [0.29, 0.717) is 11.4 Å². The van der Waals surface area contributed by atoms with E-state index in [0.717, 1.165) is 21.3 Å². The van der Waals surface area contributed by atoms with E-state index in [9.17, 15) is 4.79 Å². The van der Waals surface area contributed by atoms with Gasteiger partial charge in [-0.15, -0.1) is 0 Å². The first kappa shape index (κ1) is 14.7. The van der Waals surface area contributed by atoms with Gasteiger partial charge in [0.05, 0.1) is 6.42 Å². The molecule has 1 amide bonds. The molecule has 2 aromatic carbocycles. The van der Waals surface area contributed by atoms with Gasteiger partial charge in [-0.25, -0.2) is 0 Å². The normalized spacial score (nSPS) is 10.1. The molecule has 0 bridgehead atoms. The molecule has 0 unspecified atom stereocenters. The van der Waals surface area contributed by atoms with Crippen molar-refractivity contribution in [2.24, 2.45) is 5.73 Å². The van der Waals surface area contributed by atoms with Gasteiger partial charge in [0.25, 0.3) is 0 Å². The standard InChI is InChI=1S/C15H13BrN2OS/c16-12-3-1-2-10(8-12)9-14(19)18-13-6-4-11(5-7-13)15(17)20/h1-8H,9H2,(H2,17,20)(H,18,19). The lowest BCUT2D eigenvalue weighted by atomic mass is 10.1. The molecule has 2 aromatic rings. The molecule has 0 saturated carbocycles. The van der Waals surface area contributed by atoms with Crippen LogP contribution in [0.3, 0.4) is 0 Å². The zero-order chi connectivity index (χ0) is 14.5. The Morgan fingerprint density at radius 1 is 1.20 bits per heavy atom. The molecule has 0 fully saturated rings. The first-order valence-corrected chi connectivity index (χ1v) is 7.19. The van der Waals surface area contributed by atoms with Gasteiger partial charge in [-0.05, 0) is 42.0 Å². The van der Waals surface area contributed by atoms with Gasteiger partial charge in [0.2, 0.25) is 5.91 Å². The van der Waals surface area contributed by atoms with E-state index in [1.54, 1.807) is 24.3 Å². The number of anilines is 1. The van der Waals surface area contributed by atoms with Crippen molar-refractivity contribution in [3.8, 4) is 0 Å². The molecule has 0 heterocycles. The van der Waals surface area contributed by atoms with E-state index in [2.05, 4.69) is 21.2 Å². The summed E-state index contributed by atoms with van der Waals surface area (Å²) >= 11 is 8.26. The molecule has 3 N–H and O–H groups in total. The van der Waals surface area contributed by atoms with Crippen molar-refractivity contribution in [3.05, 3.63) is 64.1 Å². The fourth-order valence-corrected chi connectivity index (χ4v) is 2.34. The number of rotatable bonds is 4. The average Bonchev–Trinajstić information content (AvgIpc) is 2.39. The van der Waals surface area contributed by atoms with Crippen molar-refractivity contribution in [2.75, 3.05) is 5.32 Å². The fraction of sp³-hybridized carbons (Fsp3) is 0.0667. The van der Waals surface area contributed by atoms with Crippen LogP contribution in [-0.2, 0) is 11.2 Å². The summed E-state index contributed by atoms with van der Waals surface area (Å²) in [6.07, 6.45) is 0.330. The summed E-state index contributed by atoms with van der Waals surface area (Å²) in [6, 6.07) is 14.8. The van der Waals surface area contributed by atoms with Gasteiger partial charge in [-0.3, -0.25) is 4.79 Å². The largest absolute Gasteiger partial charge is 0.389 e. The Kier molecular flexibility index (Phi) is 4.87. The number of halogens is 1. The number of hydrogen-bond acceptors (Lipinski definition) is 2. The molecule has 102 valence electrons. The summed E-state index contributed by atoms with van der Waals surface area (Å²) in [6.45, 7) is 0. The summed E-state index contributed by atoms with van der Waals surface area (Å²) in [5.74, 6) is -0.0637. The predicted octanol–water partition coefficient (Wildman–Crippen LogP) is 3.26. The number of benzene rings is 2. The van der Waals surface area contributed by atoms with Gasteiger partial charge in [-0.2, -0.15) is 0 Å². The average molecular weight is 349 g/mol. The highest BCUT2D eigenvalue weighted by molar-refractivity contribution is 9.10. The smallest absolute Gasteiger partial charge is 0.228 e. The lowest BCUT2D eigenvalue weighted by Gasteiger charge is -2.06. The molecule has 2 rings (SSSR count). The highest BCUT2D eigenvalue weighted by atomic mass is 79.9. The molecule has 0 saturated heterocycles. The Balaban J connectivity index is 1.99. The molecular formula is C15H13BrN2OS. The zero-order valence-corrected chi connectivity index (χ0v) is 13.0. The van der Waals surface area contributed by atoms with Gasteiger partial charge in [0.15, 0.2) is 0 Å². The molecule has 5 heteroatoms. The number of nitrogens with two attached hydrogens (primary N) is 1. The second kappa shape index (κ2) is 6.63. The van der Waals surface area contributed by atoms with Crippen molar-refractivity contribution in [1.29, 1.82) is 0 Å². The Bertz CT molecular complexity index is 641. The summed E-state index contributed by atoms with van der Waals surface area (Å²) < 4.78 is 0.962. The summed E-state index contributed by atoms with van der Waals surface area (Å²) in [5, 5.41) is 2.84. The van der Waals surface area contributed by atoms with Crippen LogP contribution in [0.15, 0.2) is 53.0 Å². The topological polar surface area (TPSA) is 55.1 Å². The molecule has 0 aliphatic carbocycles. The molecule has 0 aliphatic heterocycles. The van der Waals surface area contributed by atoms with Crippen molar-refractivity contribution in [2.45, 2.75) is 6.42 Å². The Hall–Kier alpha value is -1.72. The molecule has 3 nitrogen and oxygen atoms in total. The third kappa shape index (κ3) is 4.15. The van der Waals surface area contributed by atoms with Crippen LogP contribution in [0.2, 0.25) is 0 Å². The van der Waals surface area contributed by atoms with E-state index in [4.69, 9.17) is 18.0 Å². The van der Waals surface area contributed by atoms with Crippen LogP contribution in [-0.4, -0.2) is 10.9 Å². The maximum atomic E-state index is 11.9. The second-order valence-electron chi connectivity index (χ2n) is 4.30. The highest BCUT2D eigenvalue weighted by Crippen LogP contribution is 2.14. The van der Waals surface area contributed by atoms with Gasteiger partial charge < -0.3 is 11.1 Å². The molecule has 0 aromatic heterocycles. The molecule has 0 radical (unpaired) electrons. The van der Waals surface area contributed by atoms with E-state index < -0.39 is 0 Å². The number of carbonyl (C=O) groups excluding carboxylic acids is 1. The van der Waals surface area contributed by atoms with Gasteiger partial charge in [-0.1, -0.05) is 40.3 Å². The minimum absolute atomic E-state index is 0.0637. The summed E-state index contributed by atoms with van der Waals surface area (Å²) in [7, 11) is 0. The molecular weight excluding hydrogens is 336 g/mol. The van der Waals surface area contributed by atoms with Crippen LogP contribution in [0.4, 0.5) is 5.69 Å². The molecule has 0 aliphatic rings. The molecule has 20 heavy (non-hydrogen) atoms. The fourth-order valence-electron chi connectivity index (χ4n) is 1.76. The third-order valence-corrected chi connectivity index (χ3v) is 3.44. The first-order chi connectivity index (χ1) is 9.54. The maximum absolute atomic E-state index is 11.9. The van der Waals surface area contributed by atoms with Crippen LogP contribution in [0.5, 0.6) is 0 Å². The Morgan fingerprint density at radius 3 is 2.50 bits per heavy atom. The van der Waals surface area contributed by atoms with Crippen LogP contribution in [0.25, 0.3) is 0 Å². The quantitative estimate of drug-likeness (QED) is 0.833. The van der Waals surface area contributed by atoms with Crippen molar-refractivity contribution >= 4 is 44.7 Å². The number of thiocarbonyl (C=S) groups is 1. The monoisotopic (exact) mass is 348 g/mol. The van der Waals surface area contributed by atoms with Crippen LogP contribution in [0.1, 0.15) is 11.1 Å². The summed E-state index contributed by atoms with van der Waals surface area (Å²) in [5.41, 5.74) is 7.99. The second-order valence-corrected chi connectivity index (χ2v) is 5.65. The van der Waals surface area contributed by atoms with Crippen LogP contribution >= 0.6 is 28.1 Å². The van der Waals surface area contributed by atoms with Crippen molar-refractivity contribution in [1.82, 2.24) is 0 Å². The van der Waals surface area contributed by atoms with E-state index in [-0.39, 0.29) is 5.91 Å². The van der Waals surface area contributed by atoms with Crippen molar-refractivity contribution < 1.29 is 4.79 Å². The van der Waals surface area contributed by atoms with Crippen molar-refractivity contribution in [3.63, 3.8) is 0 Å². The van der Waals surface area contributed by atoms with E-state index >= 15 is 0 Å². The predicted molar refractivity (Wildman–Crippen MR) is 88.8 cm³/mol. The number of hydrogen-bond donors (Lipinski definition) is 2.